The van der Waals surface area contributed by atoms with Gasteiger partial charge in [-0.15, -0.1) is 0 Å². The number of hydrogen-bond donors (Lipinski definition) is 1. The number of anilines is 1. The molecule has 3 nitrogen and oxygen atoms in total. The summed E-state index contributed by atoms with van der Waals surface area (Å²) < 4.78 is 2.22. The van der Waals surface area contributed by atoms with Crippen LogP contribution >= 0.6 is 0 Å². The fourth-order valence-corrected chi connectivity index (χ4v) is 2.61. The largest absolute Gasteiger partial charge is 0.352 e. The summed E-state index contributed by atoms with van der Waals surface area (Å²) in [4.78, 5) is 4.59. The van der Waals surface area contributed by atoms with Crippen LogP contribution < -0.4 is 5.32 Å². The molecule has 1 aromatic carbocycles. The van der Waals surface area contributed by atoms with E-state index in [0.717, 1.165) is 11.6 Å². The van der Waals surface area contributed by atoms with Gasteiger partial charge in [-0.2, -0.15) is 0 Å². The lowest BCUT2D eigenvalue weighted by molar-refractivity contribution is 0.604. The summed E-state index contributed by atoms with van der Waals surface area (Å²) in [6, 6.07) is 11.7. The van der Waals surface area contributed by atoms with E-state index >= 15 is 0 Å². The first-order valence-electron chi connectivity index (χ1n) is 7.02. The van der Waals surface area contributed by atoms with Gasteiger partial charge in [0.15, 0.2) is 0 Å². The molecule has 0 saturated heterocycles. The molecular weight excluding hydrogens is 234 g/mol. The van der Waals surface area contributed by atoms with Gasteiger partial charge in [0.25, 0.3) is 0 Å². The Kier molecular flexibility index (Phi) is 3.05. The molecule has 1 saturated carbocycles. The maximum Gasteiger partial charge on any atom is 0.203 e. The quantitative estimate of drug-likeness (QED) is 0.902. The van der Waals surface area contributed by atoms with Crippen molar-refractivity contribution in [1.29, 1.82) is 0 Å². The van der Waals surface area contributed by atoms with E-state index in [4.69, 9.17) is 0 Å². The smallest absolute Gasteiger partial charge is 0.203 e. The van der Waals surface area contributed by atoms with E-state index < -0.39 is 0 Å². The first-order valence-corrected chi connectivity index (χ1v) is 7.02. The second-order valence-corrected chi connectivity index (χ2v) is 5.71. The summed E-state index contributed by atoms with van der Waals surface area (Å²) in [6.07, 6.45) is 3.32. The number of imidazole rings is 1. The zero-order chi connectivity index (χ0) is 13.4. The molecule has 1 heterocycles. The van der Waals surface area contributed by atoms with Crippen LogP contribution in [-0.4, -0.2) is 15.6 Å². The summed E-state index contributed by atoms with van der Waals surface area (Å²) in [5, 5.41) is 3.59. The van der Waals surface area contributed by atoms with E-state index in [9.17, 15) is 0 Å². The molecule has 3 heteroatoms. The van der Waals surface area contributed by atoms with E-state index in [1.807, 2.05) is 6.92 Å². The highest BCUT2D eigenvalue weighted by molar-refractivity contribution is 5.39. The molecule has 1 aliphatic rings. The predicted molar refractivity (Wildman–Crippen MR) is 78.6 cm³/mol. The van der Waals surface area contributed by atoms with Crippen molar-refractivity contribution in [3.05, 3.63) is 47.8 Å². The van der Waals surface area contributed by atoms with Crippen LogP contribution in [0, 0.1) is 6.92 Å². The third-order valence-corrected chi connectivity index (χ3v) is 3.74. The van der Waals surface area contributed by atoms with E-state index in [2.05, 4.69) is 65.2 Å². The molecule has 0 aliphatic heterocycles. The normalized spacial score (nSPS) is 21.7. The van der Waals surface area contributed by atoms with Crippen LogP contribution in [0.15, 0.2) is 36.5 Å². The maximum absolute atomic E-state index is 4.59. The molecule has 2 aromatic rings. The fraction of sp³-hybridized carbons (Fsp3) is 0.438. The molecule has 19 heavy (non-hydrogen) atoms. The van der Waals surface area contributed by atoms with Crippen molar-refractivity contribution in [2.45, 2.75) is 45.2 Å². The Morgan fingerprint density at radius 1 is 1.26 bits per heavy atom. The first kappa shape index (κ1) is 12.3. The first-order chi connectivity index (χ1) is 9.15. The highest BCUT2D eigenvalue weighted by Gasteiger charge is 2.39. The van der Waals surface area contributed by atoms with Gasteiger partial charge in [0.05, 0.1) is 5.69 Å². The van der Waals surface area contributed by atoms with Crippen LogP contribution in [0.5, 0.6) is 0 Å². The van der Waals surface area contributed by atoms with Crippen molar-refractivity contribution in [1.82, 2.24) is 9.55 Å². The molecule has 100 valence electrons. The zero-order valence-electron chi connectivity index (χ0n) is 11.8. The molecule has 0 radical (unpaired) electrons. The molecule has 0 bridgehead atoms. The summed E-state index contributed by atoms with van der Waals surface area (Å²) in [5.41, 5.74) is 2.51. The van der Waals surface area contributed by atoms with Crippen LogP contribution in [0.2, 0.25) is 0 Å². The van der Waals surface area contributed by atoms with Crippen molar-refractivity contribution in [2.24, 2.45) is 0 Å². The minimum atomic E-state index is 0.442. The van der Waals surface area contributed by atoms with Crippen LogP contribution in [0.4, 0.5) is 5.95 Å². The van der Waals surface area contributed by atoms with E-state index in [-0.39, 0.29) is 0 Å². The lowest BCUT2D eigenvalue weighted by atomic mass is 10.1. The van der Waals surface area contributed by atoms with Crippen LogP contribution in [0.3, 0.4) is 0 Å². The van der Waals surface area contributed by atoms with Crippen molar-refractivity contribution in [3.8, 4) is 0 Å². The summed E-state index contributed by atoms with van der Waals surface area (Å²) in [6.45, 7) is 6.42. The minimum Gasteiger partial charge on any atom is -0.352 e. The Bertz CT molecular complexity index is 557. The van der Waals surface area contributed by atoms with Gasteiger partial charge in [0.2, 0.25) is 5.95 Å². The number of aromatic nitrogens is 2. The Hall–Kier alpha value is -1.77. The van der Waals surface area contributed by atoms with Crippen LogP contribution in [-0.2, 0) is 0 Å². The summed E-state index contributed by atoms with van der Waals surface area (Å²) in [7, 11) is 0. The van der Waals surface area contributed by atoms with Crippen molar-refractivity contribution in [3.63, 3.8) is 0 Å². The average Bonchev–Trinajstić information content (AvgIpc) is 3.05. The number of benzene rings is 1. The van der Waals surface area contributed by atoms with Gasteiger partial charge in [0, 0.05) is 24.2 Å². The van der Waals surface area contributed by atoms with Crippen LogP contribution in [0.25, 0.3) is 0 Å². The Balaban J connectivity index is 1.71. The standard InChI is InChI=1S/C16H21N3/c1-11(2)19-10-12(3)17-16(19)18-15-9-14(15)13-7-5-4-6-8-13/h4-8,10-11,14-15H,9H2,1-3H3,(H,17,18). The molecule has 1 aliphatic carbocycles. The lowest BCUT2D eigenvalue weighted by Gasteiger charge is -2.12. The van der Waals surface area contributed by atoms with Crippen molar-refractivity contribution < 1.29 is 0 Å². The predicted octanol–water partition coefficient (Wildman–Crippen LogP) is 3.74. The number of aryl methyl sites for hydroxylation is 1. The summed E-state index contributed by atoms with van der Waals surface area (Å²) in [5.74, 6) is 1.65. The molecule has 0 spiro atoms. The van der Waals surface area contributed by atoms with Crippen molar-refractivity contribution in [2.75, 3.05) is 5.32 Å². The Labute approximate surface area is 114 Å². The minimum absolute atomic E-state index is 0.442. The zero-order valence-corrected chi connectivity index (χ0v) is 11.8. The number of nitrogens with one attached hydrogen (secondary N) is 1. The number of rotatable bonds is 4. The van der Waals surface area contributed by atoms with Gasteiger partial charge < -0.3 is 9.88 Å². The lowest BCUT2D eigenvalue weighted by Crippen LogP contribution is -2.11. The Morgan fingerprint density at radius 3 is 2.68 bits per heavy atom. The van der Waals surface area contributed by atoms with Gasteiger partial charge in [-0.25, -0.2) is 4.98 Å². The van der Waals surface area contributed by atoms with Gasteiger partial charge in [-0.1, -0.05) is 30.3 Å². The van der Waals surface area contributed by atoms with Gasteiger partial charge >= 0.3 is 0 Å². The molecule has 2 atom stereocenters. The third kappa shape index (κ3) is 2.50. The van der Waals surface area contributed by atoms with E-state index in [1.54, 1.807) is 0 Å². The number of nitrogens with zero attached hydrogens (tertiary/aromatic N) is 2. The van der Waals surface area contributed by atoms with E-state index in [1.165, 1.54) is 12.0 Å². The highest BCUT2D eigenvalue weighted by atomic mass is 15.2. The fourth-order valence-electron chi connectivity index (χ4n) is 2.61. The number of hydrogen-bond acceptors (Lipinski definition) is 2. The molecule has 1 aromatic heterocycles. The molecule has 1 N–H and O–H groups in total. The van der Waals surface area contributed by atoms with Gasteiger partial charge in [0.1, 0.15) is 0 Å². The highest BCUT2D eigenvalue weighted by Crippen LogP contribution is 2.42. The average molecular weight is 255 g/mol. The second kappa shape index (κ2) is 4.72. The van der Waals surface area contributed by atoms with E-state index in [0.29, 0.717) is 18.0 Å². The molecule has 0 amide bonds. The van der Waals surface area contributed by atoms with Crippen molar-refractivity contribution >= 4 is 5.95 Å². The molecule has 2 unspecified atom stereocenters. The van der Waals surface area contributed by atoms with Gasteiger partial charge in [-0.3, -0.25) is 0 Å². The second-order valence-electron chi connectivity index (χ2n) is 5.71. The molecule has 3 rings (SSSR count). The Morgan fingerprint density at radius 2 is 2.00 bits per heavy atom. The topological polar surface area (TPSA) is 29.9 Å². The molecule has 1 fully saturated rings. The molecular formula is C16H21N3. The monoisotopic (exact) mass is 255 g/mol. The maximum atomic E-state index is 4.59. The summed E-state index contributed by atoms with van der Waals surface area (Å²) >= 11 is 0. The van der Waals surface area contributed by atoms with Crippen LogP contribution in [0.1, 0.15) is 43.5 Å². The third-order valence-electron chi connectivity index (χ3n) is 3.74. The van der Waals surface area contributed by atoms with Gasteiger partial charge in [-0.05, 0) is 32.8 Å². The SMILES string of the molecule is Cc1cn(C(C)C)c(NC2CC2c2ccccc2)n1.